The lowest BCUT2D eigenvalue weighted by Gasteiger charge is -2.10. The van der Waals surface area contributed by atoms with Gasteiger partial charge >= 0.3 is 0 Å². The second kappa shape index (κ2) is 8.54. The molecule has 3 aromatic rings. The maximum absolute atomic E-state index is 12.3. The van der Waals surface area contributed by atoms with Crippen LogP contribution in [0.2, 0.25) is 0 Å². The molecule has 0 spiro atoms. The molecule has 140 valence electrons. The summed E-state index contributed by atoms with van der Waals surface area (Å²) in [7, 11) is 0. The van der Waals surface area contributed by atoms with Crippen LogP contribution in [-0.4, -0.2) is 21.9 Å². The van der Waals surface area contributed by atoms with Crippen LogP contribution in [0.4, 0.5) is 16.5 Å². The van der Waals surface area contributed by atoms with E-state index in [0.29, 0.717) is 5.75 Å². The average Bonchev–Trinajstić information content (AvgIpc) is 3.08. The number of para-hydroxylation sites is 1. The van der Waals surface area contributed by atoms with E-state index in [2.05, 4.69) is 40.7 Å². The number of nitrogens with zero attached hydrogens (tertiary/aromatic N) is 2. The molecule has 3 rings (SSSR count). The Morgan fingerprint density at radius 3 is 2.41 bits per heavy atom. The summed E-state index contributed by atoms with van der Waals surface area (Å²) in [5.74, 6) is 0.253. The number of carbonyl (C=O) groups is 1. The van der Waals surface area contributed by atoms with Gasteiger partial charge in [-0.2, -0.15) is 0 Å². The highest BCUT2D eigenvalue weighted by molar-refractivity contribution is 8.01. The number of aryl methyl sites for hydroxylation is 3. The van der Waals surface area contributed by atoms with Gasteiger partial charge in [-0.05, 0) is 56.0 Å². The van der Waals surface area contributed by atoms with E-state index in [9.17, 15) is 4.79 Å². The molecule has 2 aromatic carbocycles. The zero-order valence-corrected chi connectivity index (χ0v) is 17.4. The zero-order chi connectivity index (χ0) is 19.4. The summed E-state index contributed by atoms with van der Waals surface area (Å²) in [6.07, 6.45) is 0. The van der Waals surface area contributed by atoms with Crippen LogP contribution in [0.5, 0.6) is 0 Å². The standard InChI is InChI=1S/C20H22N4OS2/c1-12-7-6-10-16(15(12)4)21-19-23-24-20(27-19)26-11-17(25)22-18-13(2)8-5-9-14(18)3/h5-10H,11H2,1-4H3,(H,21,23)(H,22,25). The van der Waals surface area contributed by atoms with Gasteiger partial charge in [-0.3, -0.25) is 4.79 Å². The molecule has 0 aliphatic rings. The van der Waals surface area contributed by atoms with Gasteiger partial charge in [-0.15, -0.1) is 10.2 Å². The summed E-state index contributed by atoms with van der Waals surface area (Å²) >= 11 is 2.84. The van der Waals surface area contributed by atoms with Crippen molar-refractivity contribution in [2.24, 2.45) is 0 Å². The summed E-state index contributed by atoms with van der Waals surface area (Å²) in [5, 5.41) is 15.4. The van der Waals surface area contributed by atoms with Crippen LogP contribution in [0.25, 0.3) is 0 Å². The second-order valence-corrected chi connectivity index (χ2v) is 8.55. The molecular weight excluding hydrogens is 376 g/mol. The van der Waals surface area contributed by atoms with Crippen LogP contribution in [-0.2, 0) is 4.79 Å². The number of nitrogens with one attached hydrogen (secondary N) is 2. The van der Waals surface area contributed by atoms with Gasteiger partial charge in [0.05, 0.1) is 5.75 Å². The number of amides is 1. The minimum Gasteiger partial charge on any atom is -0.330 e. The van der Waals surface area contributed by atoms with Gasteiger partial charge in [0.15, 0.2) is 4.34 Å². The Labute approximate surface area is 167 Å². The van der Waals surface area contributed by atoms with E-state index in [1.807, 2.05) is 44.2 Å². The van der Waals surface area contributed by atoms with Gasteiger partial charge in [0.25, 0.3) is 0 Å². The van der Waals surface area contributed by atoms with E-state index in [1.165, 1.54) is 34.2 Å². The highest BCUT2D eigenvalue weighted by atomic mass is 32.2. The largest absolute Gasteiger partial charge is 0.330 e. The van der Waals surface area contributed by atoms with Crippen LogP contribution in [0, 0.1) is 27.7 Å². The molecule has 27 heavy (non-hydrogen) atoms. The number of hydrogen-bond donors (Lipinski definition) is 2. The van der Waals surface area contributed by atoms with Crippen molar-refractivity contribution in [1.29, 1.82) is 0 Å². The van der Waals surface area contributed by atoms with Gasteiger partial charge in [0.2, 0.25) is 11.0 Å². The summed E-state index contributed by atoms with van der Waals surface area (Å²) in [6.45, 7) is 8.14. The number of benzene rings is 2. The maximum Gasteiger partial charge on any atom is 0.234 e. The Kier molecular flexibility index (Phi) is 6.13. The van der Waals surface area contributed by atoms with Gasteiger partial charge in [0, 0.05) is 11.4 Å². The van der Waals surface area contributed by atoms with E-state index in [-0.39, 0.29) is 5.91 Å². The quantitative estimate of drug-likeness (QED) is 0.555. The number of carbonyl (C=O) groups excluding carboxylic acids is 1. The first-order valence-corrected chi connectivity index (χ1v) is 10.4. The first-order chi connectivity index (χ1) is 12.9. The van der Waals surface area contributed by atoms with Crippen LogP contribution >= 0.6 is 23.1 Å². The molecule has 1 amide bonds. The molecule has 2 N–H and O–H groups in total. The lowest BCUT2D eigenvalue weighted by Crippen LogP contribution is -2.15. The minimum atomic E-state index is -0.0448. The van der Waals surface area contributed by atoms with Crippen molar-refractivity contribution < 1.29 is 4.79 Å². The fourth-order valence-corrected chi connectivity index (χ4v) is 4.20. The van der Waals surface area contributed by atoms with Crippen LogP contribution < -0.4 is 10.6 Å². The summed E-state index contributed by atoms with van der Waals surface area (Å²) in [5.41, 5.74) is 6.44. The summed E-state index contributed by atoms with van der Waals surface area (Å²) in [4.78, 5) is 12.3. The molecule has 0 unspecified atom stereocenters. The third-order valence-electron chi connectivity index (χ3n) is 4.32. The van der Waals surface area contributed by atoms with Crippen molar-refractivity contribution in [3.8, 4) is 0 Å². The molecule has 0 atom stereocenters. The number of thioether (sulfide) groups is 1. The third kappa shape index (κ3) is 4.87. The molecule has 5 nitrogen and oxygen atoms in total. The molecule has 0 fully saturated rings. The Morgan fingerprint density at radius 1 is 1.00 bits per heavy atom. The molecular formula is C20H22N4OS2. The molecule has 7 heteroatoms. The second-order valence-electron chi connectivity index (χ2n) is 6.35. The smallest absolute Gasteiger partial charge is 0.234 e. The highest BCUT2D eigenvalue weighted by Gasteiger charge is 2.11. The predicted molar refractivity (Wildman–Crippen MR) is 114 cm³/mol. The minimum absolute atomic E-state index is 0.0448. The first-order valence-electron chi connectivity index (χ1n) is 8.59. The molecule has 1 heterocycles. The predicted octanol–water partition coefficient (Wildman–Crippen LogP) is 5.25. The Morgan fingerprint density at radius 2 is 1.67 bits per heavy atom. The van der Waals surface area contributed by atoms with Crippen molar-refractivity contribution >= 4 is 45.5 Å². The van der Waals surface area contributed by atoms with Crippen molar-refractivity contribution in [1.82, 2.24) is 10.2 Å². The van der Waals surface area contributed by atoms with Gasteiger partial charge in [0.1, 0.15) is 0 Å². The molecule has 0 aliphatic heterocycles. The van der Waals surface area contributed by atoms with Gasteiger partial charge in [-0.1, -0.05) is 53.4 Å². The van der Waals surface area contributed by atoms with E-state index < -0.39 is 0 Å². The summed E-state index contributed by atoms with van der Waals surface area (Å²) in [6, 6.07) is 12.1. The highest BCUT2D eigenvalue weighted by Crippen LogP contribution is 2.29. The van der Waals surface area contributed by atoms with E-state index in [4.69, 9.17) is 0 Å². The third-order valence-corrected chi connectivity index (χ3v) is 6.30. The van der Waals surface area contributed by atoms with Crippen LogP contribution in [0.3, 0.4) is 0 Å². The normalized spacial score (nSPS) is 10.7. The fraction of sp³-hybridized carbons (Fsp3) is 0.250. The molecule has 0 aliphatic carbocycles. The van der Waals surface area contributed by atoms with Crippen molar-refractivity contribution in [2.45, 2.75) is 32.0 Å². The van der Waals surface area contributed by atoms with E-state index in [0.717, 1.165) is 32.0 Å². The molecule has 0 radical (unpaired) electrons. The first kappa shape index (κ1) is 19.4. The van der Waals surface area contributed by atoms with Crippen molar-refractivity contribution in [3.63, 3.8) is 0 Å². The monoisotopic (exact) mass is 398 g/mol. The topological polar surface area (TPSA) is 66.9 Å². The van der Waals surface area contributed by atoms with E-state index >= 15 is 0 Å². The van der Waals surface area contributed by atoms with E-state index in [1.54, 1.807) is 0 Å². The van der Waals surface area contributed by atoms with Crippen LogP contribution in [0.1, 0.15) is 22.3 Å². The molecule has 0 bridgehead atoms. The Bertz CT molecular complexity index is 948. The number of hydrogen-bond acceptors (Lipinski definition) is 6. The number of aromatic nitrogens is 2. The number of rotatable bonds is 6. The SMILES string of the molecule is Cc1cccc(Nc2nnc(SCC(=O)Nc3c(C)cccc3C)s2)c1C. The fourth-order valence-electron chi connectivity index (χ4n) is 2.63. The number of anilines is 3. The molecule has 0 saturated heterocycles. The van der Waals surface area contributed by atoms with Crippen molar-refractivity contribution in [3.05, 3.63) is 58.7 Å². The average molecular weight is 399 g/mol. The Hall–Kier alpha value is -2.38. The lowest BCUT2D eigenvalue weighted by atomic mass is 10.1. The Balaban J connectivity index is 1.58. The van der Waals surface area contributed by atoms with Crippen LogP contribution in [0.15, 0.2) is 40.7 Å². The summed E-state index contributed by atoms with van der Waals surface area (Å²) < 4.78 is 0.763. The molecule has 1 aromatic heterocycles. The maximum atomic E-state index is 12.3. The van der Waals surface area contributed by atoms with Gasteiger partial charge in [-0.25, -0.2) is 0 Å². The van der Waals surface area contributed by atoms with Gasteiger partial charge < -0.3 is 10.6 Å². The van der Waals surface area contributed by atoms with Crippen molar-refractivity contribution in [2.75, 3.05) is 16.4 Å². The zero-order valence-electron chi connectivity index (χ0n) is 15.8. The lowest BCUT2D eigenvalue weighted by molar-refractivity contribution is -0.113. The molecule has 0 saturated carbocycles.